The number of thiazole rings is 1. The highest BCUT2D eigenvalue weighted by Crippen LogP contribution is 2.32. The summed E-state index contributed by atoms with van der Waals surface area (Å²) in [6.07, 6.45) is 7.37. The summed E-state index contributed by atoms with van der Waals surface area (Å²) in [6, 6.07) is 0. The summed E-state index contributed by atoms with van der Waals surface area (Å²) in [6.45, 7) is 8.44. The molecule has 0 fully saturated rings. The van der Waals surface area contributed by atoms with Gasteiger partial charge in [0, 0.05) is 17.7 Å². The molecular weight excluding hydrogens is 454 g/mol. The van der Waals surface area contributed by atoms with Crippen LogP contribution in [-0.4, -0.2) is 50.4 Å². The van der Waals surface area contributed by atoms with Crippen LogP contribution in [0.2, 0.25) is 0 Å². The van der Waals surface area contributed by atoms with Gasteiger partial charge in [0.1, 0.15) is 16.9 Å². The summed E-state index contributed by atoms with van der Waals surface area (Å²) in [7, 11) is 0. The molecular formula is C26H37NO6S. The molecule has 0 saturated heterocycles. The molecule has 0 spiro atoms. The van der Waals surface area contributed by atoms with Crippen molar-refractivity contribution in [2.75, 3.05) is 0 Å². The first-order valence-corrected chi connectivity index (χ1v) is 12.5. The second kappa shape index (κ2) is 12.5. The number of aromatic nitrogens is 1. The number of hydrogen-bond donors (Lipinski definition) is 3. The molecule has 1 aromatic rings. The third-order valence-corrected chi connectivity index (χ3v) is 7.29. The Morgan fingerprint density at radius 3 is 2.47 bits per heavy atom. The lowest BCUT2D eigenvalue weighted by Crippen LogP contribution is -2.45. The molecule has 1 aliphatic heterocycles. The van der Waals surface area contributed by atoms with E-state index in [9.17, 15) is 24.9 Å². The lowest BCUT2D eigenvalue weighted by molar-refractivity contribution is -0.154. The SMILES string of the molecule is C/C(=C\c1csc(CO)n1)[C@@H]1C/C=C\C=C\C[C@H](C)[C@H](O)[C@@H](C)C(=O)C(C)(C)[C@@H](O)CC(=O)O1. The summed E-state index contributed by atoms with van der Waals surface area (Å²) in [5.41, 5.74) is 0.216. The van der Waals surface area contributed by atoms with E-state index in [1.165, 1.54) is 11.3 Å². The van der Waals surface area contributed by atoms with Crippen LogP contribution in [0.25, 0.3) is 6.08 Å². The second-order valence-corrected chi connectivity index (χ2v) is 10.5. The van der Waals surface area contributed by atoms with E-state index in [0.29, 0.717) is 23.5 Å². The van der Waals surface area contributed by atoms with E-state index in [0.717, 1.165) is 5.57 Å². The maximum absolute atomic E-state index is 13.1. The van der Waals surface area contributed by atoms with Crippen molar-refractivity contribution >= 4 is 29.2 Å². The van der Waals surface area contributed by atoms with Crippen LogP contribution < -0.4 is 0 Å². The van der Waals surface area contributed by atoms with Crippen molar-refractivity contribution in [3.05, 3.63) is 46.0 Å². The summed E-state index contributed by atoms with van der Waals surface area (Å²) < 4.78 is 5.71. The van der Waals surface area contributed by atoms with Crippen LogP contribution in [0.3, 0.4) is 0 Å². The van der Waals surface area contributed by atoms with Gasteiger partial charge in [-0.3, -0.25) is 9.59 Å². The van der Waals surface area contributed by atoms with Crippen molar-refractivity contribution in [3.63, 3.8) is 0 Å². The molecule has 8 heteroatoms. The minimum absolute atomic E-state index is 0.133. The number of hydrogen-bond acceptors (Lipinski definition) is 8. The van der Waals surface area contributed by atoms with Gasteiger partial charge in [0.15, 0.2) is 0 Å². The monoisotopic (exact) mass is 491 g/mol. The number of carbonyl (C=O) groups is 2. The Bertz CT molecular complexity index is 931. The van der Waals surface area contributed by atoms with Gasteiger partial charge in [-0.2, -0.15) is 0 Å². The molecule has 2 heterocycles. The zero-order valence-corrected chi connectivity index (χ0v) is 21.4. The number of rotatable bonds is 3. The second-order valence-electron chi connectivity index (χ2n) is 9.58. The molecule has 0 radical (unpaired) electrons. The van der Waals surface area contributed by atoms with Gasteiger partial charge in [-0.15, -0.1) is 11.3 Å². The van der Waals surface area contributed by atoms with Crippen LogP contribution in [0.4, 0.5) is 0 Å². The van der Waals surface area contributed by atoms with Crippen LogP contribution >= 0.6 is 11.3 Å². The minimum atomic E-state index is -1.25. The van der Waals surface area contributed by atoms with E-state index in [1.54, 1.807) is 20.8 Å². The number of cyclic esters (lactones) is 1. The Morgan fingerprint density at radius 2 is 1.85 bits per heavy atom. The molecule has 5 atom stereocenters. The van der Waals surface area contributed by atoms with Gasteiger partial charge in [0.05, 0.1) is 36.3 Å². The smallest absolute Gasteiger partial charge is 0.309 e. The third kappa shape index (κ3) is 7.43. The van der Waals surface area contributed by atoms with E-state index in [-0.39, 0.29) is 24.7 Å². The fourth-order valence-electron chi connectivity index (χ4n) is 3.93. The molecule has 1 aliphatic rings. The number of Topliss-reactive ketones (excluding diaryl/α,β-unsaturated/α-hetero) is 1. The molecule has 0 bridgehead atoms. The number of nitrogens with zero attached hydrogens (tertiary/aromatic N) is 1. The predicted octanol–water partition coefficient (Wildman–Crippen LogP) is 3.84. The number of allylic oxidation sites excluding steroid dienone is 3. The van der Waals surface area contributed by atoms with Crippen LogP contribution in [0.1, 0.15) is 64.6 Å². The van der Waals surface area contributed by atoms with Gasteiger partial charge in [-0.25, -0.2) is 4.98 Å². The summed E-state index contributed by atoms with van der Waals surface area (Å²) in [4.78, 5) is 30.2. The first-order valence-electron chi connectivity index (χ1n) is 11.6. The predicted molar refractivity (Wildman–Crippen MR) is 133 cm³/mol. The Morgan fingerprint density at radius 1 is 1.21 bits per heavy atom. The quantitative estimate of drug-likeness (QED) is 0.550. The maximum atomic E-state index is 13.1. The highest BCUT2D eigenvalue weighted by molar-refractivity contribution is 7.09. The van der Waals surface area contributed by atoms with Crippen LogP contribution in [0.15, 0.2) is 35.3 Å². The molecule has 1 aromatic heterocycles. The number of ether oxygens (including phenoxy) is 1. The average Bonchev–Trinajstić information content (AvgIpc) is 3.25. The van der Waals surface area contributed by atoms with Crippen molar-refractivity contribution in [2.45, 2.75) is 78.8 Å². The average molecular weight is 492 g/mol. The zero-order chi connectivity index (χ0) is 25.5. The lowest BCUT2D eigenvalue weighted by Gasteiger charge is -2.34. The van der Waals surface area contributed by atoms with Crippen molar-refractivity contribution in [3.8, 4) is 0 Å². The van der Waals surface area contributed by atoms with E-state index in [1.807, 2.05) is 49.6 Å². The first-order chi connectivity index (χ1) is 16.0. The van der Waals surface area contributed by atoms with Crippen LogP contribution in [0.5, 0.6) is 0 Å². The Hall–Kier alpha value is -2.13. The number of aliphatic hydroxyl groups is 3. The molecule has 0 saturated carbocycles. The Balaban J connectivity index is 2.31. The molecule has 0 unspecified atom stereocenters. The van der Waals surface area contributed by atoms with Crippen molar-refractivity contribution in [2.24, 2.45) is 17.3 Å². The van der Waals surface area contributed by atoms with Gasteiger partial charge in [-0.1, -0.05) is 52.0 Å². The molecule has 0 aromatic carbocycles. The van der Waals surface area contributed by atoms with E-state index in [4.69, 9.17) is 4.74 Å². The summed E-state index contributed by atoms with van der Waals surface area (Å²) in [5, 5.41) is 33.1. The van der Waals surface area contributed by atoms with Crippen LogP contribution in [-0.2, 0) is 20.9 Å². The highest BCUT2D eigenvalue weighted by atomic mass is 32.1. The summed E-state index contributed by atoms with van der Waals surface area (Å²) in [5.74, 6) is -1.74. The van der Waals surface area contributed by atoms with Gasteiger partial charge in [0.25, 0.3) is 0 Å². The first kappa shape index (κ1) is 28.1. The summed E-state index contributed by atoms with van der Waals surface area (Å²) >= 11 is 1.35. The van der Waals surface area contributed by atoms with Gasteiger partial charge in [-0.05, 0) is 30.9 Å². The molecule has 0 aliphatic carbocycles. The molecule has 188 valence electrons. The Labute approximate surface area is 205 Å². The third-order valence-electron chi connectivity index (χ3n) is 6.44. The van der Waals surface area contributed by atoms with E-state index >= 15 is 0 Å². The fourth-order valence-corrected chi connectivity index (χ4v) is 4.54. The van der Waals surface area contributed by atoms with Crippen molar-refractivity contribution in [1.29, 1.82) is 0 Å². The number of esters is 1. The number of aliphatic hydroxyl groups excluding tert-OH is 3. The zero-order valence-electron chi connectivity index (χ0n) is 20.6. The molecule has 3 N–H and O–H groups in total. The van der Waals surface area contributed by atoms with E-state index in [2.05, 4.69) is 4.98 Å². The highest BCUT2D eigenvalue weighted by Gasteiger charge is 2.42. The maximum Gasteiger partial charge on any atom is 0.309 e. The minimum Gasteiger partial charge on any atom is -0.457 e. The lowest BCUT2D eigenvalue weighted by atomic mass is 9.73. The number of ketones is 1. The molecule has 2 rings (SSSR count). The number of carbonyl (C=O) groups excluding carboxylic acids is 2. The van der Waals surface area contributed by atoms with Crippen molar-refractivity contribution in [1.82, 2.24) is 4.98 Å². The van der Waals surface area contributed by atoms with Gasteiger partial charge >= 0.3 is 5.97 Å². The Kier molecular flexibility index (Phi) is 10.4. The molecule has 7 nitrogen and oxygen atoms in total. The fraction of sp³-hybridized carbons (Fsp3) is 0.577. The normalized spacial score (nSPS) is 31.6. The molecule has 0 amide bonds. The molecule has 34 heavy (non-hydrogen) atoms. The largest absolute Gasteiger partial charge is 0.457 e. The standard InChI is InChI=1S/C26H37NO6S/c1-16-10-8-6-7-9-11-20(17(2)12-19-15-34-22(14-28)27-19)33-23(30)13-21(29)26(4,5)25(32)18(3)24(16)31/h6-9,12,15-16,18,20-21,24,28-29,31H,10-11,13-14H2,1-5H3/b8-6+,9-7-,17-12+/t16-,18+,20-,21-,24-/m0/s1. The van der Waals surface area contributed by atoms with Gasteiger partial charge in [0.2, 0.25) is 0 Å². The van der Waals surface area contributed by atoms with Crippen LogP contribution in [0, 0.1) is 17.3 Å². The van der Waals surface area contributed by atoms with E-state index < -0.39 is 35.6 Å². The topological polar surface area (TPSA) is 117 Å². The van der Waals surface area contributed by atoms with Crippen molar-refractivity contribution < 1.29 is 29.6 Å². The van der Waals surface area contributed by atoms with Gasteiger partial charge < -0.3 is 20.1 Å².